The molecule has 21 heavy (non-hydrogen) atoms. The second-order valence-electron chi connectivity index (χ2n) is 4.52. The number of hydrogen-bond donors (Lipinski definition) is 2. The Hall–Kier alpha value is -1.49. The van der Waals surface area contributed by atoms with Gasteiger partial charge in [-0.3, -0.25) is 4.79 Å². The zero-order chi connectivity index (χ0) is 15.1. The van der Waals surface area contributed by atoms with Crippen molar-refractivity contribution in [2.45, 2.75) is 12.4 Å². The summed E-state index contributed by atoms with van der Waals surface area (Å²) in [5.74, 6) is 1.12. The highest BCUT2D eigenvalue weighted by molar-refractivity contribution is 7.99. The van der Waals surface area contributed by atoms with E-state index in [1.54, 1.807) is 36.0 Å². The standard InChI is InChI=1S/C16H16ClNO2S/c17-14-5-7-15(8-6-14)18-16(20)11-21-10-13-3-1-12(9-19)2-4-13/h1-8,19H,9-11H2,(H,18,20). The predicted molar refractivity (Wildman–Crippen MR) is 88.6 cm³/mol. The van der Waals surface area contributed by atoms with Crippen LogP contribution in [0, 0.1) is 0 Å². The molecule has 1 amide bonds. The minimum Gasteiger partial charge on any atom is -0.392 e. The molecule has 0 saturated heterocycles. The number of halogens is 1. The number of carbonyl (C=O) groups excluding carboxylic acids is 1. The maximum atomic E-state index is 11.8. The van der Waals surface area contributed by atoms with Crippen LogP contribution in [-0.4, -0.2) is 16.8 Å². The van der Waals surface area contributed by atoms with E-state index in [0.717, 1.165) is 22.6 Å². The third kappa shape index (κ3) is 5.42. The predicted octanol–water partition coefficient (Wildman–Crippen LogP) is 3.70. The molecule has 0 aliphatic heterocycles. The summed E-state index contributed by atoms with van der Waals surface area (Å²) in [6, 6.07) is 14.8. The van der Waals surface area contributed by atoms with Crippen molar-refractivity contribution in [2.75, 3.05) is 11.1 Å². The highest BCUT2D eigenvalue weighted by atomic mass is 35.5. The van der Waals surface area contributed by atoms with Crippen LogP contribution in [0.2, 0.25) is 5.02 Å². The molecular formula is C16H16ClNO2S. The Morgan fingerprint density at radius 1 is 1.05 bits per heavy atom. The maximum absolute atomic E-state index is 11.8. The van der Waals surface area contributed by atoms with Crippen LogP contribution in [0.15, 0.2) is 48.5 Å². The van der Waals surface area contributed by atoms with Gasteiger partial charge in [-0.2, -0.15) is 0 Å². The van der Waals surface area contributed by atoms with Crippen molar-refractivity contribution >= 4 is 35.0 Å². The molecule has 110 valence electrons. The molecule has 0 radical (unpaired) electrons. The summed E-state index contributed by atoms with van der Waals surface area (Å²) in [7, 11) is 0. The molecule has 0 fully saturated rings. The Balaban J connectivity index is 1.74. The molecule has 3 nitrogen and oxygen atoms in total. The van der Waals surface area contributed by atoms with Crippen LogP contribution in [0.1, 0.15) is 11.1 Å². The lowest BCUT2D eigenvalue weighted by Gasteiger charge is -2.06. The van der Waals surface area contributed by atoms with Gasteiger partial charge < -0.3 is 10.4 Å². The number of benzene rings is 2. The smallest absolute Gasteiger partial charge is 0.234 e. The zero-order valence-electron chi connectivity index (χ0n) is 11.4. The minimum atomic E-state index is -0.0331. The molecule has 0 bridgehead atoms. The highest BCUT2D eigenvalue weighted by Gasteiger charge is 2.03. The number of aliphatic hydroxyl groups is 1. The largest absolute Gasteiger partial charge is 0.392 e. The van der Waals surface area contributed by atoms with Gasteiger partial charge in [-0.15, -0.1) is 11.8 Å². The lowest BCUT2D eigenvalue weighted by atomic mass is 10.2. The summed E-state index contributed by atoms with van der Waals surface area (Å²) in [6.45, 7) is 0.0525. The second-order valence-corrected chi connectivity index (χ2v) is 5.94. The molecule has 5 heteroatoms. The Morgan fingerprint density at radius 2 is 1.67 bits per heavy atom. The first-order chi connectivity index (χ1) is 10.2. The van der Waals surface area contributed by atoms with E-state index >= 15 is 0 Å². The number of amides is 1. The molecular weight excluding hydrogens is 306 g/mol. The van der Waals surface area contributed by atoms with E-state index in [9.17, 15) is 4.79 Å². The average molecular weight is 322 g/mol. The van der Waals surface area contributed by atoms with Gasteiger partial charge in [-0.25, -0.2) is 0 Å². The van der Waals surface area contributed by atoms with E-state index in [1.807, 2.05) is 24.3 Å². The SMILES string of the molecule is O=C(CSCc1ccc(CO)cc1)Nc1ccc(Cl)cc1. The van der Waals surface area contributed by atoms with Crippen LogP contribution >= 0.6 is 23.4 Å². The Kier molecular flexibility index (Phi) is 6.11. The molecule has 0 unspecified atom stereocenters. The normalized spacial score (nSPS) is 10.4. The van der Waals surface area contributed by atoms with E-state index in [0.29, 0.717) is 10.8 Å². The molecule has 2 rings (SSSR count). The quantitative estimate of drug-likeness (QED) is 0.853. The van der Waals surface area contributed by atoms with Gasteiger partial charge in [-0.1, -0.05) is 35.9 Å². The van der Waals surface area contributed by atoms with Crippen molar-refractivity contribution in [3.05, 3.63) is 64.7 Å². The molecule has 0 aliphatic rings. The van der Waals surface area contributed by atoms with Crippen LogP contribution in [0.5, 0.6) is 0 Å². The van der Waals surface area contributed by atoms with Crippen LogP contribution in [0.25, 0.3) is 0 Å². The zero-order valence-corrected chi connectivity index (χ0v) is 13.0. The lowest BCUT2D eigenvalue weighted by Crippen LogP contribution is -2.14. The van der Waals surface area contributed by atoms with E-state index < -0.39 is 0 Å². The van der Waals surface area contributed by atoms with Gasteiger partial charge in [0.05, 0.1) is 12.4 Å². The molecule has 2 N–H and O–H groups in total. The third-order valence-electron chi connectivity index (χ3n) is 2.84. The topological polar surface area (TPSA) is 49.3 Å². The molecule has 0 heterocycles. The lowest BCUT2D eigenvalue weighted by molar-refractivity contribution is -0.113. The molecule has 0 aliphatic carbocycles. The van der Waals surface area contributed by atoms with E-state index in [4.69, 9.17) is 16.7 Å². The third-order valence-corrected chi connectivity index (χ3v) is 4.09. The summed E-state index contributed by atoms with van der Waals surface area (Å²) >= 11 is 7.34. The summed E-state index contributed by atoms with van der Waals surface area (Å²) in [6.07, 6.45) is 0. The van der Waals surface area contributed by atoms with Gasteiger partial charge in [0.2, 0.25) is 5.91 Å². The van der Waals surface area contributed by atoms with Crippen LogP contribution in [-0.2, 0) is 17.2 Å². The molecule has 2 aromatic rings. The minimum absolute atomic E-state index is 0.0331. The number of aliphatic hydroxyl groups excluding tert-OH is 1. The van der Waals surface area contributed by atoms with Crippen molar-refractivity contribution < 1.29 is 9.90 Å². The molecule has 0 aromatic heterocycles. The van der Waals surface area contributed by atoms with E-state index in [-0.39, 0.29) is 12.5 Å². The average Bonchev–Trinajstić information content (AvgIpc) is 2.50. The second kappa shape index (κ2) is 8.08. The fraction of sp³-hybridized carbons (Fsp3) is 0.188. The number of rotatable bonds is 6. The first kappa shape index (κ1) is 15.9. The van der Waals surface area contributed by atoms with Gasteiger partial charge in [-0.05, 0) is 35.4 Å². The van der Waals surface area contributed by atoms with Gasteiger partial charge >= 0.3 is 0 Å². The van der Waals surface area contributed by atoms with Crippen LogP contribution in [0.4, 0.5) is 5.69 Å². The first-order valence-corrected chi connectivity index (χ1v) is 8.02. The van der Waals surface area contributed by atoms with Gasteiger partial charge in [0, 0.05) is 16.5 Å². The van der Waals surface area contributed by atoms with Crippen molar-refractivity contribution in [1.29, 1.82) is 0 Å². The number of hydrogen-bond acceptors (Lipinski definition) is 3. The molecule has 0 spiro atoms. The Morgan fingerprint density at radius 3 is 2.29 bits per heavy atom. The van der Waals surface area contributed by atoms with Crippen LogP contribution in [0.3, 0.4) is 0 Å². The number of nitrogens with one attached hydrogen (secondary N) is 1. The Labute approximate surface area is 133 Å². The van der Waals surface area contributed by atoms with Crippen molar-refractivity contribution in [2.24, 2.45) is 0 Å². The molecule has 0 saturated carbocycles. The maximum Gasteiger partial charge on any atom is 0.234 e. The summed E-state index contributed by atoms with van der Waals surface area (Å²) in [5, 5.41) is 12.4. The first-order valence-electron chi connectivity index (χ1n) is 6.49. The van der Waals surface area contributed by atoms with Crippen molar-refractivity contribution in [3.63, 3.8) is 0 Å². The van der Waals surface area contributed by atoms with Gasteiger partial charge in [0.15, 0.2) is 0 Å². The number of thioether (sulfide) groups is 1. The Bertz CT molecular complexity index is 584. The fourth-order valence-electron chi connectivity index (χ4n) is 1.73. The molecule has 0 atom stereocenters. The summed E-state index contributed by atoms with van der Waals surface area (Å²) in [4.78, 5) is 11.8. The molecule has 2 aromatic carbocycles. The summed E-state index contributed by atoms with van der Waals surface area (Å²) < 4.78 is 0. The monoisotopic (exact) mass is 321 g/mol. The highest BCUT2D eigenvalue weighted by Crippen LogP contribution is 2.16. The van der Waals surface area contributed by atoms with Crippen LogP contribution < -0.4 is 5.32 Å². The fourth-order valence-corrected chi connectivity index (χ4v) is 2.65. The van der Waals surface area contributed by atoms with Crippen molar-refractivity contribution in [1.82, 2.24) is 0 Å². The van der Waals surface area contributed by atoms with Crippen molar-refractivity contribution in [3.8, 4) is 0 Å². The van der Waals surface area contributed by atoms with Gasteiger partial charge in [0.25, 0.3) is 0 Å². The van der Waals surface area contributed by atoms with Gasteiger partial charge in [0.1, 0.15) is 0 Å². The van der Waals surface area contributed by atoms with E-state index in [1.165, 1.54) is 0 Å². The number of carbonyl (C=O) groups is 1. The number of anilines is 1. The van der Waals surface area contributed by atoms with E-state index in [2.05, 4.69) is 5.32 Å². The summed E-state index contributed by atoms with van der Waals surface area (Å²) in [5.41, 5.74) is 2.78.